The summed E-state index contributed by atoms with van der Waals surface area (Å²) in [4.78, 5) is 0. The molecule has 0 aromatic rings. The summed E-state index contributed by atoms with van der Waals surface area (Å²) in [6.45, 7) is 2.26. The summed E-state index contributed by atoms with van der Waals surface area (Å²) >= 11 is 0.857. The Kier molecular flexibility index (Phi) is 9.33. The summed E-state index contributed by atoms with van der Waals surface area (Å²) in [5.41, 5.74) is 0. The molecule has 0 aliphatic rings. The normalized spacial score (nSPS) is 9.57. The molecule has 0 unspecified atom stereocenters. The molecule has 0 rings (SSSR count). The van der Waals surface area contributed by atoms with Gasteiger partial charge in [-0.1, -0.05) is 0 Å². The molecule has 0 heterocycles. The molecule has 0 N–H and O–H groups in total. The third-order valence-corrected chi connectivity index (χ3v) is 4.11. The molecule has 0 aromatic carbocycles. The van der Waals surface area contributed by atoms with Crippen LogP contribution in [0.2, 0.25) is 0.741 Å². The first-order valence-electron chi connectivity index (χ1n) is 3.41. The molecule has 0 amide bonds. The second kappa shape index (κ2) is 7.60. The Labute approximate surface area is 79.5 Å². The van der Waals surface area contributed by atoms with Crippen LogP contribution >= 0.6 is 0 Å². The van der Waals surface area contributed by atoms with E-state index in [1.54, 1.807) is 0.741 Å². The zero-order valence-corrected chi connectivity index (χ0v) is 13.8. The third kappa shape index (κ3) is 7.60. The number of hydrogen-bond donors (Lipinski definition) is 0. The summed E-state index contributed by atoms with van der Waals surface area (Å²) in [5, 5.41) is 0. The summed E-state index contributed by atoms with van der Waals surface area (Å²) in [7, 11) is 0. The Morgan fingerprint density at radius 3 is 2.29 bits per heavy atom. The Balaban J connectivity index is 2.45. The van der Waals surface area contributed by atoms with Crippen molar-refractivity contribution >= 4 is 0 Å². The van der Waals surface area contributed by atoms with Gasteiger partial charge >= 0.3 is 80.8 Å². The van der Waals surface area contributed by atoms with Gasteiger partial charge in [0, 0.05) is 0 Å². The van der Waals surface area contributed by atoms with Gasteiger partial charge in [0.05, 0.1) is 0 Å². The first kappa shape index (κ1) is 8.60. The maximum atomic E-state index is 2.26. The predicted molar refractivity (Wildman–Crippen MR) is 28.9 cm³/mol. The fraction of sp³-hybridized carbons (Fsp3) is 1.00. The average molecular weight is 308 g/mol. The van der Waals surface area contributed by atoms with Gasteiger partial charge in [-0.2, -0.15) is 0 Å². The molecule has 38 valence electrons. The molecule has 7 heavy (non-hydrogen) atoms. The molecule has 0 radical (unpaired) electrons. The van der Waals surface area contributed by atoms with Crippen molar-refractivity contribution in [1.82, 2.24) is 0 Å². The third-order valence-electron chi connectivity index (χ3n) is 1.21. The van der Waals surface area contributed by atoms with Gasteiger partial charge in [0.25, 0.3) is 0 Å². The zero-order chi connectivity index (χ0) is 5.54. The summed E-state index contributed by atoms with van der Waals surface area (Å²) in [5.74, 6) is 0. The molecule has 1 heteroatoms. The fourth-order valence-electron chi connectivity index (χ4n) is 0.677. The molecule has 0 aliphatic carbocycles. The monoisotopic (exact) mass is 308 g/mol. The Morgan fingerprint density at radius 1 is 1.14 bits per heavy atom. The van der Waals surface area contributed by atoms with E-state index < -0.39 is 0 Å². The van der Waals surface area contributed by atoms with Gasteiger partial charge < -0.3 is 0 Å². The molecule has 0 atom stereocenters. The van der Waals surface area contributed by atoms with E-state index in [9.17, 15) is 0 Å². The second-order valence-electron chi connectivity index (χ2n) is 2.06. The number of rotatable bonds is 4. The SMILES string of the molecule is CCCCC[CH2][Fr]. The van der Waals surface area contributed by atoms with Crippen LogP contribution in [0.1, 0.15) is 32.6 Å². The summed E-state index contributed by atoms with van der Waals surface area (Å²) in [6, 6.07) is 0. The van der Waals surface area contributed by atoms with E-state index in [2.05, 4.69) is 6.92 Å². The minimum atomic E-state index is 0.857. The van der Waals surface area contributed by atoms with Crippen LogP contribution in [0.15, 0.2) is 0 Å². The number of unbranched alkanes of at least 4 members (excludes halogenated alkanes) is 3. The standard InChI is InChI=1S/C6H13.Fr/c1-3-5-6-4-2;/h1,3-6H2,2H3;. The van der Waals surface area contributed by atoms with Gasteiger partial charge in [-0.05, 0) is 0 Å². The van der Waals surface area contributed by atoms with Crippen LogP contribution in [0.25, 0.3) is 0 Å². The second-order valence-corrected chi connectivity index (χ2v) is 6.17. The first-order valence-corrected chi connectivity index (χ1v) is 9.23. The van der Waals surface area contributed by atoms with Crippen molar-refractivity contribution in [3.8, 4) is 0 Å². The maximum absolute atomic E-state index is 2.26. The van der Waals surface area contributed by atoms with Crippen molar-refractivity contribution < 1.29 is 47.5 Å². The van der Waals surface area contributed by atoms with Crippen molar-refractivity contribution in [1.29, 1.82) is 0 Å². The summed E-state index contributed by atoms with van der Waals surface area (Å²) in [6.07, 6.45) is 5.87. The van der Waals surface area contributed by atoms with Crippen LogP contribution in [-0.2, 0) is 0 Å². The van der Waals surface area contributed by atoms with E-state index in [4.69, 9.17) is 0 Å². The van der Waals surface area contributed by atoms with Crippen LogP contribution in [0, 0.1) is 47.5 Å². The van der Waals surface area contributed by atoms with Crippen LogP contribution in [0.5, 0.6) is 0 Å². The van der Waals surface area contributed by atoms with E-state index >= 15 is 0 Å². The van der Waals surface area contributed by atoms with Crippen LogP contribution in [0.4, 0.5) is 0 Å². The molecule has 0 saturated heterocycles. The topological polar surface area (TPSA) is 0 Å². The quantitative estimate of drug-likeness (QED) is 0.700. The summed E-state index contributed by atoms with van der Waals surface area (Å²) < 4.78 is 1.59. The zero-order valence-electron chi connectivity index (χ0n) is 5.54. The molecule has 0 saturated carbocycles. The first-order chi connectivity index (χ1) is 3.41. The van der Waals surface area contributed by atoms with Gasteiger partial charge in [0.1, 0.15) is 0 Å². The van der Waals surface area contributed by atoms with E-state index in [1.807, 2.05) is 0 Å². The Bertz CT molecular complexity index is 23.4. The minimum absolute atomic E-state index is 0.857. The predicted octanol–water partition coefficient (Wildman–Crippen LogP) is 2.53. The van der Waals surface area contributed by atoms with Crippen molar-refractivity contribution in [3.05, 3.63) is 0 Å². The van der Waals surface area contributed by atoms with E-state index in [0.29, 0.717) is 0 Å². The molecule has 0 bridgehead atoms. The fourth-order valence-corrected chi connectivity index (χ4v) is 2.73. The Hall–Kier alpha value is 1.60. The van der Waals surface area contributed by atoms with Gasteiger partial charge in [-0.3, -0.25) is 0 Å². The van der Waals surface area contributed by atoms with E-state index in [0.717, 1.165) is 47.5 Å². The number of hydrogen-bond acceptors (Lipinski definition) is 0. The van der Waals surface area contributed by atoms with Crippen LogP contribution in [-0.4, -0.2) is 0 Å². The molecule has 0 fully saturated rings. The Morgan fingerprint density at radius 2 is 1.86 bits per heavy atom. The van der Waals surface area contributed by atoms with Crippen molar-refractivity contribution in [2.75, 3.05) is 0 Å². The van der Waals surface area contributed by atoms with Crippen LogP contribution in [0.3, 0.4) is 0 Å². The van der Waals surface area contributed by atoms with E-state index in [1.165, 1.54) is 25.7 Å². The molecule has 0 spiro atoms. The van der Waals surface area contributed by atoms with Crippen LogP contribution < -0.4 is 0 Å². The van der Waals surface area contributed by atoms with Crippen molar-refractivity contribution in [3.63, 3.8) is 0 Å². The van der Waals surface area contributed by atoms with Crippen molar-refractivity contribution in [2.24, 2.45) is 0 Å². The molecular weight excluding hydrogens is 295 g/mol. The van der Waals surface area contributed by atoms with Crippen molar-refractivity contribution in [2.45, 2.75) is 33.3 Å². The molecule has 0 nitrogen and oxygen atoms in total. The molecule has 0 aromatic heterocycles. The average Bonchev–Trinajstić information content (AvgIpc) is 1.69. The molecule has 0 aliphatic heterocycles. The van der Waals surface area contributed by atoms with E-state index in [-0.39, 0.29) is 0 Å². The van der Waals surface area contributed by atoms with Gasteiger partial charge in [0.2, 0.25) is 0 Å². The molecular formula is C6H13Fr. The van der Waals surface area contributed by atoms with Gasteiger partial charge in [-0.25, -0.2) is 0 Å². The van der Waals surface area contributed by atoms with Gasteiger partial charge in [-0.15, -0.1) is 0 Å². The van der Waals surface area contributed by atoms with Gasteiger partial charge in [0.15, 0.2) is 0 Å².